The van der Waals surface area contributed by atoms with Crippen LogP contribution in [0.2, 0.25) is 0 Å². The van der Waals surface area contributed by atoms with E-state index in [9.17, 15) is 4.79 Å². The van der Waals surface area contributed by atoms with Crippen molar-refractivity contribution in [3.8, 4) is 17.0 Å². The predicted molar refractivity (Wildman–Crippen MR) is 102 cm³/mol. The molecule has 6 nitrogen and oxygen atoms in total. The quantitative estimate of drug-likeness (QED) is 0.834. The summed E-state index contributed by atoms with van der Waals surface area (Å²) in [5, 5.41) is 10.3. The summed E-state index contributed by atoms with van der Waals surface area (Å²) in [4.78, 5) is 15.1. The number of carbonyl (C=O) groups excluding carboxylic acids is 1. The molecular formula is C20H28N4O2. The van der Waals surface area contributed by atoms with Crippen molar-refractivity contribution in [1.29, 1.82) is 0 Å². The highest BCUT2D eigenvalue weighted by atomic mass is 16.5. The summed E-state index contributed by atoms with van der Waals surface area (Å²) in [6.45, 7) is 7.23. The Kier molecular flexibility index (Phi) is 5.61. The van der Waals surface area contributed by atoms with E-state index in [1.807, 2.05) is 24.3 Å². The van der Waals surface area contributed by atoms with Crippen LogP contribution in [-0.2, 0) is 0 Å². The number of hydrogen-bond donors (Lipinski definition) is 2. The minimum atomic E-state index is -0.292. The van der Waals surface area contributed by atoms with Gasteiger partial charge in [0.15, 0.2) is 0 Å². The van der Waals surface area contributed by atoms with E-state index in [0.717, 1.165) is 36.6 Å². The molecule has 1 aliphatic heterocycles. The molecule has 1 aromatic heterocycles. The maximum Gasteiger partial charge on any atom is 0.269 e. The molecule has 1 amide bonds. The Morgan fingerprint density at radius 2 is 1.92 bits per heavy atom. The monoisotopic (exact) mass is 356 g/mol. The van der Waals surface area contributed by atoms with Crippen LogP contribution in [0.3, 0.4) is 0 Å². The minimum Gasteiger partial charge on any atom is -0.497 e. The number of aromatic amines is 1. The van der Waals surface area contributed by atoms with Gasteiger partial charge in [0.05, 0.1) is 12.8 Å². The second kappa shape index (κ2) is 7.91. The molecule has 2 N–H and O–H groups in total. The molecule has 0 spiro atoms. The van der Waals surface area contributed by atoms with E-state index in [1.54, 1.807) is 13.2 Å². The average molecular weight is 356 g/mol. The van der Waals surface area contributed by atoms with Gasteiger partial charge in [0.25, 0.3) is 5.91 Å². The fourth-order valence-electron chi connectivity index (χ4n) is 3.44. The van der Waals surface area contributed by atoms with Gasteiger partial charge >= 0.3 is 0 Å². The lowest BCUT2D eigenvalue weighted by Crippen LogP contribution is -2.52. The van der Waals surface area contributed by atoms with Crippen molar-refractivity contribution in [3.63, 3.8) is 0 Å². The molecule has 0 unspecified atom stereocenters. The largest absolute Gasteiger partial charge is 0.497 e. The molecule has 0 bridgehead atoms. The van der Waals surface area contributed by atoms with Crippen molar-refractivity contribution in [2.75, 3.05) is 26.7 Å². The second-order valence-corrected chi connectivity index (χ2v) is 7.57. The lowest BCUT2D eigenvalue weighted by atomic mass is 10.0. The molecule has 1 saturated heterocycles. The van der Waals surface area contributed by atoms with E-state index in [-0.39, 0.29) is 11.4 Å². The van der Waals surface area contributed by atoms with Crippen molar-refractivity contribution in [2.45, 2.75) is 38.6 Å². The summed E-state index contributed by atoms with van der Waals surface area (Å²) in [6, 6.07) is 9.40. The molecule has 0 saturated carbocycles. The number of benzene rings is 1. The molecule has 0 aliphatic carbocycles. The zero-order valence-corrected chi connectivity index (χ0v) is 15.8. The van der Waals surface area contributed by atoms with E-state index in [1.165, 1.54) is 19.3 Å². The standard InChI is InChI=1S/C20H28N4O2/c1-20(2,14-24-11-5-4-6-12-24)21-19(25)18-13-17(22-23-18)15-7-9-16(26-3)10-8-15/h7-10,13H,4-6,11-12,14H2,1-3H3,(H,21,25)(H,22,23). The first kappa shape index (κ1) is 18.5. The fraction of sp³-hybridized carbons (Fsp3) is 0.500. The van der Waals surface area contributed by atoms with E-state index >= 15 is 0 Å². The lowest BCUT2D eigenvalue weighted by molar-refractivity contribution is 0.0873. The molecule has 1 aliphatic rings. The predicted octanol–water partition coefficient (Wildman–Crippen LogP) is 3.08. The number of nitrogens with one attached hydrogen (secondary N) is 2. The zero-order valence-electron chi connectivity index (χ0n) is 15.8. The lowest BCUT2D eigenvalue weighted by Gasteiger charge is -2.35. The normalized spacial score (nSPS) is 15.7. The summed E-state index contributed by atoms with van der Waals surface area (Å²) in [5.41, 5.74) is 1.86. The molecular weight excluding hydrogens is 328 g/mol. The number of aromatic nitrogens is 2. The highest BCUT2D eigenvalue weighted by molar-refractivity contribution is 5.93. The maximum absolute atomic E-state index is 12.6. The van der Waals surface area contributed by atoms with Crippen LogP contribution in [-0.4, -0.2) is 53.3 Å². The highest BCUT2D eigenvalue weighted by Gasteiger charge is 2.26. The number of rotatable bonds is 6. The number of H-pyrrole nitrogens is 1. The third-order valence-electron chi connectivity index (χ3n) is 4.73. The first-order valence-electron chi connectivity index (χ1n) is 9.21. The first-order chi connectivity index (χ1) is 12.5. The van der Waals surface area contributed by atoms with Crippen LogP contribution in [0.15, 0.2) is 30.3 Å². The van der Waals surface area contributed by atoms with Crippen LogP contribution in [0, 0.1) is 0 Å². The number of likely N-dealkylation sites (tertiary alicyclic amines) is 1. The van der Waals surface area contributed by atoms with Gasteiger partial charge in [-0.25, -0.2) is 0 Å². The van der Waals surface area contributed by atoms with Crippen LogP contribution in [0.25, 0.3) is 11.3 Å². The number of ether oxygens (including phenoxy) is 1. The van der Waals surface area contributed by atoms with Crippen molar-refractivity contribution in [2.24, 2.45) is 0 Å². The van der Waals surface area contributed by atoms with Gasteiger partial charge in [-0.3, -0.25) is 9.89 Å². The Morgan fingerprint density at radius 3 is 2.58 bits per heavy atom. The summed E-state index contributed by atoms with van der Waals surface area (Å²) in [7, 11) is 1.64. The molecule has 26 heavy (non-hydrogen) atoms. The Hall–Kier alpha value is -2.34. The molecule has 6 heteroatoms. The smallest absolute Gasteiger partial charge is 0.269 e. The van der Waals surface area contributed by atoms with Crippen LogP contribution < -0.4 is 10.1 Å². The molecule has 2 heterocycles. The Labute approximate surface area is 154 Å². The highest BCUT2D eigenvalue weighted by Crippen LogP contribution is 2.21. The summed E-state index contributed by atoms with van der Waals surface area (Å²) in [5.74, 6) is 0.668. The number of amides is 1. The van der Waals surface area contributed by atoms with Crippen LogP contribution in [0.1, 0.15) is 43.6 Å². The molecule has 0 atom stereocenters. The molecule has 2 aromatic rings. The van der Waals surface area contributed by atoms with Gasteiger partial charge in [0.2, 0.25) is 0 Å². The van der Waals surface area contributed by atoms with E-state index in [0.29, 0.717) is 5.69 Å². The number of methoxy groups -OCH3 is 1. The van der Waals surface area contributed by atoms with Gasteiger partial charge in [-0.05, 0) is 70.1 Å². The number of nitrogens with zero attached hydrogens (tertiary/aromatic N) is 2. The van der Waals surface area contributed by atoms with Gasteiger partial charge in [0, 0.05) is 17.6 Å². The fourth-order valence-corrected chi connectivity index (χ4v) is 3.44. The molecule has 1 fully saturated rings. The van der Waals surface area contributed by atoms with Crippen LogP contribution >= 0.6 is 0 Å². The SMILES string of the molecule is COc1ccc(-c2cc(C(=O)NC(C)(C)CN3CCCCC3)[nH]n2)cc1. The van der Waals surface area contributed by atoms with Gasteiger partial charge in [-0.2, -0.15) is 5.10 Å². The second-order valence-electron chi connectivity index (χ2n) is 7.57. The van der Waals surface area contributed by atoms with E-state index < -0.39 is 0 Å². The number of piperidine rings is 1. The molecule has 3 rings (SSSR count). The first-order valence-corrected chi connectivity index (χ1v) is 9.21. The third kappa shape index (κ3) is 4.64. The van der Waals surface area contributed by atoms with E-state index in [4.69, 9.17) is 4.74 Å². The van der Waals surface area contributed by atoms with Gasteiger partial charge < -0.3 is 15.0 Å². The van der Waals surface area contributed by atoms with Crippen molar-refractivity contribution in [3.05, 3.63) is 36.0 Å². The van der Waals surface area contributed by atoms with Crippen molar-refractivity contribution >= 4 is 5.91 Å². The zero-order chi connectivity index (χ0) is 18.6. The van der Waals surface area contributed by atoms with Gasteiger partial charge in [-0.1, -0.05) is 6.42 Å². The minimum absolute atomic E-state index is 0.126. The number of carbonyl (C=O) groups is 1. The van der Waals surface area contributed by atoms with Crippen LogP contribution in [0.4, 0.5) is 0 Å². The summed E-state index contributed by atoms with van der Waals surface area (Å²) < 4.78 is 5.17. The maximum atomic E-state index is 12.6. The average Bonchev–Trinajstić information content (AvgIpc) is 3.12. The molecule has 140 valence electrons. The summed E-state index contributed by atoms with van der Waals surface area (Å²) in [6.07, 6.45) is 3.80. The third-order valence-corrected chi connectivity index (χ3v) is 4.73. The summed E-state index contributed by atoms with van der Waals surface area (Å²) >= 11 is 0. The van der Waals surface area contributed by atoms with Gasteiger partial charge in [0.1, 0.15) is 11.4 Å². The Bertz CT molecular complexity index is 731. The van der Waals surface area contributed by atoms with Crippen LogP contribution in [0.5, 0.6) is 5.75 Å². The van der Waals surface area contributed by atoms with Gasteiger partial charge in [-0.15, -0.1) is 0 Å². The Balaban J connectivity index is 1.63. The van der Waals surface area contributed by atoms with Crippen molar-refractivity contribution < 1.29 is 9.53 Å². The number of hydrogen-bond acceptors (Lipinski definition) is 4. The molecule has 0 radical (unpaired) electrons. The Morgan fingerprint density at radius 1 is 1.23 bits per heavy atom. The van der Waals surface area contributed by atoms with E-state index in [2.05, 4.69) is 34.3 Å². The van der Waals surface area contributed by atoms with Crippen molar-refractivity contribution in [1.82, 2.24) is 20.4 Å². The topological polar surface area (TPSA) is 70.2 Å². The molecule has 1 aromatic carbocycles.